The Hall–Kier alpha value is 0.137. The molecule has 1 rings (SSSR count). The van der Waals surface area contributed by atoms with E-state index in [2.05, 4.69) is 13.1 Å². The Morgan fingerprint density at radius 1 is 1.00 bits per heavy atom. The summed E-state index contributed by atoms with van der Waals surface area (Å²) in [6.45, 7) is 10.7. The molecule has 0 saturated heterocycles. The Morgan fingerprint density at radius 2 is 1.53 bits per heavy atom. The summed E-state index contributed by atoms with van der Waals surface area (Å²) in [5, 5.41) is 0. The largest absolute Gasteiger partial charge is 0.286 e. The zero-order chi connectivity index (χ0) is 11.5. The monoisotopic (exact) mass is 230 g/mol. The van der Waals surface area contributed by atoms with Crippen LogP contribution in [-0.4, -0.2) is 13.9 Å². The summed E-state index contributed by atoms with van der Waals surface area (Å²) in [5.74, 6) is 0. The van der Waals surface area contributed by atoms with E-state index in [1.54, 1.807) is 0 Å². The summed E-state index contributed by atoms with van der Waals surface area (Å²) < 4.78 is 5.77. The van der Waals surface area contributed by atoms with Gasteiger partial charge in [0.1, 0.15) is 0 Å². The van der Waals surface area contributed by atoms with E-state index in [1.165, 1.54) is 32.1 Å². The van der Waals surface area contributed by atoms with Gasteiger partial charge in [0.15, 0.2) is 0 Å². The standard InChI is InChI=1S/C12H26O2Si/c1-12(2,3)13-14-15(4,5)11-9-7-6-8-10-11/h11H,6-10H2,1-5H3. The van der Waals surface area contributed by atoms with Gasteiger partial charge >= 0.3 is 0 Å². The summed E-state index contributed by atoms with van der Waals surface area (Å²) in [4.78, 5) is 5.51. The third-order valence-electron chi connectivity index (χ3n) is 3.09. The van der Waals surface area contributed by atoms with Crippen molar-refractivity contribution >= 4 is 8.32 Å². The average molecular weight is 230 g/mol. The van der Waals surface area contributed by atoms with Gasteiger partial charge < -0.3 is 0 Å². The fourth-order valence-electron chi connectivity index (χ4n) is 2.10. The summed E-state index contributed by atoms with van der Waals surface area (Å²) in [6.07, 6.45) is 6.83. The molecule has 0 bridgehead atoms. The van der Waals surface area contributed by atoms with Gasteiger partial charge in [0, 0.05) is 0 Å². The molecule has 0 aromatic carbocycles. The van der Waals surface area contributed by atoms with Gasteiger partial charge in [0.25, 0.3) is 0 Å². The van der Waals surface area contributed by atoms with Gasteiger partial charge in [-0.2, -0.15) is 0 Å². The van der Waals surface area contributed by atoms with Gasteiger partial charge in [-0.1, -0.05) is 32.1 Å². The first-order valence-electron chi connectivity index (χ1n) is 6.18. The van der Waals surface area contributed by atoms with Crippen LogP contribution >= 0.6 is 0 Å². The molecule has 0 aromatic rings. The van der Waals surface area contributed by atoms with Crippen molar-refractivity contribution in [3.63, 3.8) is 0 Å². The van der Waals surface area contributed by atoms with Crippen LogP contribution < -0.4 is 0 Å². The second-order valence-electron chi connectivity index (χ2n) is 6.22. The Balaban J connectivity index is 2.42. The van der Waals surface area contributed by atoms with Crippen LogP contribution in [0, 0.1) is 0 Å². The first-order chi connectivity index (χ1) is 6.81. The van der Waals surface area contributed by atoms with Gasteiger partial charge in [-0.05, 0) is 39.4 Å². The maximum Gasteiger partial charge on any atom is 0.236 e. The predicted octanol–water partition coefficient (Wildman–Crippen LogP) is 4.27. The highest BCUT2D eigenvalue weighted by Gasteiger charge is 2.37. The molecule has 0 aromatic heterocycles. The van der Waals surface area contributed by atoms with Crippen molar-refractivity contribution in [1.82, 2.24) is 0 Å². The van der Waals surface area contributed by atoms with Gasteiger partial charge in [0.2, 0.25) is 8.32 Å². The lowest BCUT2D eigenvalue weighted by Crippen LogP contribution is -2.40. The zero-order valence-corrected chi connectivity index (χ0v) is 11.9. The van der Waals surface area contributed by atoms with Crippen LogP contribution in [0.25, 0.3) is 0 Å². The Bertz CT molecular complexity index is 190. The minimum absolute atomic E-state index is 0.182. The number of rotatable bonds is 3. The number of hydrogen-bond acceptors (Lipinski definition) is 2. The SMILES string of the molecule is CC(C)(C)OO[Si](C)(C)C1CCCCC1. The second kappa shape index (κ2) is 4.98. The summed E-state index contributed by atoms with van der Waals surface area (Å²) >= 11 is 0. The van der Waals surface area contributed by atoms with Crippen molar-refractivity contribution in [3.05, 3.63) is 0 Å². The lowest BCUT2D eigenvalue weighted by Gasteiger charge is -2.35. The molecule has 1 aliphatic rings. The molecule has 0 unspecified atom stereocenters. The Morgan fingerprint density at radius 3 is 2.00 bits per heavy atom. The summed E-state index contributed by atoms with van der Waals surface area (Å²) in [7, 11) is -1.63. The first kappa shape index (κ1) is 13.2. The Kier molecular flexibility index (Phi) is 4.38. The molecule has 0 N–H and O–H groups in total. The van der Waals surface area contributed by atoms with E-state index in [0.717, 1.165) is 5.54 Å². The van der Waals surface area contributed by atoms with Gasteiger partial charge in [0.05, 0.1) is 5.60 Å². The van der Waals surface area contributed by atoms with Gasteiger partial charge in [-0.25, -0.2) is 4.89 Å². The minimum Gasteiger partial charge on any atom is -0.286 e. The van der Waals surface area contributed by atoms with Crippen LogP contribution in [0.4, 0.5) is 0 Å². The lowest BCUT2D eigenvalue weighted by molar-refractivity contribution is -0.286. The smallest absolute Gasteiger partial charge is 0.236 e. The minimum atomic E-state index is -1.63. The maximum atomic E-state index is 5.77. The van der Waals surface area contributed by atoms with Crippen molar-refractivity contribution in [2.45, 2.75) is 77.1 Å². The highest BCUT2D eigenvalue weighted by atomic mass is 28.4. The molecule has 0 radical (unpaired) electrons. The quantitative estimate of drug-likeness (QED) is 0.409. The molecule has 1 saturated carbocycles. The molecular weight excluding hydrogens is 204 g/mol. The highest BCUT2D eigenvalue weighted by molar-refractivity contribution is 6.72. The van der Waals surface area contributed by atoms with Crippen molar-refractivity contribution in [2.24, 2.45) is 0 Å². The van der Waals surface area contributed by atoms with Crippen molar-refractivity contribution in [2.75, 3.05) is 0 Å². The molecule has 2 nitrogen and oxygen atoms in total. The molecule has 1 fully saturated rings. The third kappa shape index (κ3) is 4.66. The predicted molar refractivity (Wildman–Crippen MR) is 66.2 cm³/mol. The van der Waals surface area contributed by atoms with E-state index in [9.17, 15) is 0 Å². The molecule has 15 heavy (non-hydrogen) atoms. The topological polar surface area (TPSA) is 18.5 Å². The third-order valence-corrected chi connectivity index (χ3v) is 6.15. The summed E-state index contributed by atoms with van der Waals surface area (Å²) in [5.41, 5.74) is 0.604. The van der Waals surface area contributed by atoms with E-state index in [-0.39, 0.29) is 5.60 Å². The van der Waals surface area contributed by atoms with Crippen LogP contribution in [0.15, 0.2) is 0 Å². The fraction of sp³-hybridized carbons (Fsp3) is 1.00. The van der Waals surface area contributed by atoms with E-state index in [1.807, 2.05) is 20.8 Å². The summed E-state index contributed by atoms with van der Waals surface area (Å²) in [6, 6.07) is 0. The Labute approximate surface area is 95.4 Å². The molecule has 1 aliphatic carbocycles. The maximum absolute atomic E-state index is 5.77. The fourth-order valence-corrected chi connectivity index (χ4v) is 4.50. The molecule has 0 atom stereocenters. The molecule has 0 aliphatic heterocycles. The van der Waals surface area contributed by atoms with E-state index >= 15 is 0 Å². The average Bonchev–Trinajstić information content (AvgIpc) is 2.16. The molecule has 0 spiro atoms. The molecule has 0 heterocycles. The molecule has 3 heteroatoms. The lowest BCUT2D eigenvalue weighted by atomic mass is 10.0. The van der Waals surface area contributed by atoms with Crippen molar-refractivity contribution in [1.29, 1.82) is 0 Å². The first-order valence-corrected chi connectivity index (χ1v) is 9.17. The van der Waals surface area contributed by atoms with Gasteiger partial charge in [-0.3, -0.25) is 4.58 Å². The van der Waals surface area contributed by atoms with E-state index < -0.39 is 8.32 Å². The van der Waals surface area contributed by atoms with Crippen molar-refractivity contribution < 1.29 is 9.46 Å². The van der Waals surface area contributed by atoms with Crippen LogP contribution in [0.3, 0.4) is 0 Å². The van der Waals surface area contributed by atoms with Crippen LogP contribution in [-0.2, 0) is 9.46 Å². The van der Waals surface area contributed by atoms with Gasteiger partial charge in [-0.15, -0.1) is 0 Å². The second-order valence-corrected chi connectivity index (χ2v) is 10.4. The van der Waals surface area contributed by atoms with Crippen LogP contribution in [0.1, 0.15) is 52.9 Å². The van der Waals surface area contributed by atoms with Crippen molar-refractivity contribution in [3.8, 4) is 0 Å². The van der Waals surface area contributed by atoms with E-state index in [4.69, 9.17) is 9.46 Å². The normalized spacial score (nSPS) is 20.6. The van der Waals surface area contributed by atoms with E-state index in [0.29, 0.717) is 0 Å². The van der Waals surface area contributed by atoms with Crippen LogP contribution in [0.5, 0.6) is 0 Å². The number of hydrogen-bond donors (Lipinski definition) is 0. The van der Waals surface area contributed by atoms with Crippen LogP contribution in [0.2, 0.25) is 18.6 Å². The zero-order valence-electron chi connectivity index (χ0n) is 10.9. The molecule has 0 amide bonds. The molecular formula is C12H26O2Si. The highest BCUT2D eigenvalue weighted by Crippen LogP contribution is 2.37. The molecule has 90 valence electrons.